The van der Waals surface area contributed by atoms with Gasteiger partial charge in [0.25, 0.3) is 0 Å². The predicted molar refractivity (Wildman–Crippen MR) is 87.8 cm³/mol. The summed E-state index contributed by atoms with van der Waals surface area (Å²) in [5.74, 6) is -1.01. The predicted octanol–water partition coefficient (Wildman–Crippen LogP) is 3.49. The largest absolute Gasteiger partial charge is 0.298 e. The lowest BCUT2D eigenvalue weighted by Crippen LogP contribution is -2.15. The molecule has 2 atom stereocenters. The van der Waals surface area contributed by atoms with Crippen molar-refractivity contribution in [3.63, 3.8) is 0 Å². The summed E-state index contributed by atoms with van der Waals surface area (Å²) in [5.41, 5.74) is 3.15. The van der Waals surface area contributed by atoms with Gasteiger partial charge in [-0.1, -0.05) is 48.6 Å². The maximum atomic E-state index is 12.7. The first-order valence-electron chi connectivity index (χ1n) is 7.72. The minimum absolute atomic E-state index is 0.0100. The van der Waals surface area contributed by atoms with Crippen molar-refractivity contribution in [2.75, 3.05) is 0 Å². The van der Waals surface area contributed by atoms with Crippen LogP contribution in [0.15, 0.2) is 72.5 Å². The fourth-order valence-corrected chi connectivity index (χ4v) is 3.36. The highest BCUT2D eigenvalue weighted by molar-refractivity contribution is 6.24. The number of hydrogen-bond donors (Lipinski definition) is 0. The molecule has 0 amide bonds. The second-order valence-electron chi connectivity index (χ2n) is 5.88. The zero-order chi connectivity index (χ0) is 15.8. The van der Waals surface area contributed by atoms with E-state index in [1.165, 1.54) is 0 Å². The second-order valence-corrected chi connectivity index (χ2v) is 5.88. The third-order valence-electron chi connectivity index (χ3n) is 4.52. The molecule has 0 N–H and O–H groups in total. The van der Waals surface area contributed by atoms with E-state index >= 15 is 0 Å². The molecule has 2 aliphatic carbocycles. The highest BCUT2D eigenvalue weighted by Crippen LogP contribution is 2.40. The Morgan fingerprint density at radius 2 is 1.87 bits per heavy atom. The topological polar surface area (TPSA) is 47.0 Å². The van der Waals surface area contributed by atoms with Crippen molar-refractivity contribution in [1.82, 2.24) is 4.98 Å². The highest BCUT2D eigenvalue weighted by atomic mass is 16.2. The highest BCUT2D eigenvalue weighted by Gasteiger charge is 2.45. The molecule has 1 heterocycles. The van der Waals surface area contributed by atoms with Crippen LogP contribution >= 0.6 is 0 Å². The van der Waals surface area contributed by atoms with Crippen molar-refractivity contribution in [3.8, 4) is 11.3 Å². The Morgan fingerprint density at radius 3 is 2.65 bits per heavy atom. The standard InChI is InChI=1S/C20H15NO2/c22-19-15-8-4-5-9-16(15)20(23)18(19)14-10-11-21-17(12-14)13-6-2-1-3-7-13/h1-8,10-12,16,18H,9H2. The van der Waals surface area contributed by atoms with Gasteiger partial charge in [0.15, 0.2) is 11.6 Å². The van der Waals surface area contributed by atoms with Crippen LogP contribution in [-0.2, 0) is 9.59 Å². The Bertz CT molecular complexity index is 849. The normalized spacial score (nSPS) is 22.9. The first-order chi connectivity index (χ1) is 11.3. The molecule has 23 heavy (non-hydrogen) atoms. The summed E-state index contributed by atoms with van der Waals surface area (Å²) in [5, 5.41) is 0. The average Bonchev–Trinajstić information content (AvgIpc) is 2.87. The number of rotatable bonds is 2. The van der Waals surface area contributed by atoms with Crippen molar-refractivity contribution >= 4 is 11.6 Å². The number of carbonyl (C=O) groups is 2. The number of pyridine rings is 1. The molecule has 2 aromatic rings. The Balaban J connectivity index is 1.74. The van der Waals surface area contributed by atoms with Gasteiger partial charge in [0.1, 0.15) is 5.92 Å². The van der Waals surface area contributed by atoms with E-state index in [2.05, 4.69) is 4.98 Å². The molecule has 3 heteroatoms. The van der Waals surface area contributed by atoms with Gasteiger partial charge in [0, 0.05) is 17.3 Å². The lowest BCUT2D eigenvalue weighted by molar-refractivity contribution is -0.124. The number of ketones is 2. The van der Waals surface area contributed by atoms with Crippen molar-refractivity contribution in [2.24, 2.45) is 5.92 Å². The smallest absolute Gasteiger partial charge is 0.174 e. The third-order valence-corrected chi connectivity index (χ3v) is 4.52. The molecule has 1 saturated carbocycles. The minimum Gasteiger partial charge on any atom is -0.298 e. The fourth-order valence-electron chi connectivity index (χ4n) is 3.36. The molecule has 0 bridgehead atoms. The lowest BCUT2D eigenvalue weighted by Gasteiger charge is -2.10. The van der Waals surface area contributed by atoms with Crippen LogP contribution in [0.25, 0.3) is 11.3 Å². The maximum absolute atomic E-state index is 12.7. The van der Waals surface area contributed by atoms with E-state index < -0.39 is 5.92 Å². The van der Waals surface area contributed by atoms with Gasteiger partial charge in [0.05, 0.1) is 11.6 Å². The molecular weight excluding hydrogens is 286 g/mol. The van der Waals surface area contributed by atoms with Crippen molar-refractivity contribution < 1.29 is 9.59 Å². The Morgan fingerprint density at radius 1 is 1.04 bits per heavy atom. The van der Waals surface area contributed by atoms with Gasteiger partial charge in [-0.2, -0.15) is 0 Å². The van der Waals surface area contributed by atoms with E-state index in [4.69, 9.17) is 0 Å². The summed E-state index contributed by atoms with van der Waals surface area (Å²) in [4.78, 5) is 29.7. The summed E-state index contributed by atoms with van der Waals surface area (Å²) in [7, 11) is 0. The molecule has 4 rings (SSSR count). The molecule has 1 aromatic carbocycles. The molecule has 112 valence electrons. The van der Waals surface area contributed by atoms with E-state index in [1.807, 2.05) is 48.6 Å². The van der Waals surface area contributed by atoms with E-state index in [0.717, 1.165) is 16.8 Å². The maximum Gasteiger partial charge on any atom is 0.174 e. The second kappa shape index (κ2) is 5.43. The Labute approximate surface area is 134 Å². The molecule has 2 aliphatic rings. The van der Waals surface area contributed by atoms with Crippen molar-refractivity contribution in [2.45, 2.75) is 12.3 Å². The molecule has 0 spiro atoms. The molecule has 2 unspecified atom stereocenters. The van der Waals surface area contributed by atoms with Crippen LogP contribution in [0.3, 0.4) is 0 Å². The number of allylic oxidation sites excluding steroid dienone is 4. The van der Waals surface area contributed by atoms with Gasteiger partial charge < -0.3 is 0 Å². The van der Waals surface area contributed by atoms with Gasteiger partial charge in [-0.15, -0.1) is 0 Å². The van der Waals surface area contributed by atoms with Crippen LogP contribution in [0.2, 0.25) is 0 Å². The van der Waals surface area contributed by atoms with E-state index in [1.54, 1.807) is 18.3 Å². The quantitative estimate of drug-likeness (QED) is 0.798. The molecule has 0 radical (unpaired) electrons. The molecular formula is C20H15NO2. The third kappa shape index (κ3) is 2.25. The number of Topliss-reactive ketones (excluding diaryl/α,β-unsaturated/α-hetero) is 2. The first-order valence-corrected chi connectivity index (χ1v) is 7.72. The summed E-state index contributed by atoms with van der Waals surface area (Å²) < 4.78 is 0. The minimum atomic E-state index is -0.684. The molecule has 3 nitrogen and oxygen atoms in total. The summed E-state index contributed by atoms with van der Waals surface area (Å²) in [6.07, 6.45) is 7.90. The van der Waals surface area contributed by atoms with Crippen LogP contribution in [0.4, 0.5) is 0 Å². The summed E-state index contributed by atoms with van der Waals surface area (Å²) in [6.45, 7) is 0. The van der Waals surface area contributed by atoms with Crippen LogP contribution in [0.5, 0.6) is 0 Å². The fraction of sp³-hybridized carbons (Fsp3) is 0.150. The average molecular weight is 301 g/mol. The van der Waals surface area contributed by atoms with Gasteiger partial charge in [-0.25, -0.2) is 0 Å². The number of carbonyl (C=O) groups excluding carboxylic acids is 2. The number of aromatic nitrogens is 1. The number of nitrogens with zero attached hydrogens (tertiary/aromatic N) is 1. The van der Waals surface area contributed by atoms with Crippen LogP contribution < -0.4 is 0 Å². The zero-order valence-electron chi connectivity index (χ0n) is 12.5. The number of hydrogen-bond acceptors (Lipinski definition) is 3. The number of fused-ring (bicyclic) bond motifs is 1. The lowest BCUT2D eigenvalue weighted by atomic mass is 9.92. The molecule has 1 aromatic heterocycles. The zero-order valence-corrected chi connectivity index (χ0v) is 12.5. The monoisotopic (exact) mass is 301 g/mol. The van der Waals surface area contributed by atoms with E-state index in [0.29, 0.717) is 12.0 Å². The van der Waals surface area contributed by atoms with E-state index in [9.17, 15) is 9.59 Å². The van der Waals surface area contributed by atoms with Gasteiger partial charge in [-0.3, -0.25) is 14.6 Å². The van der Waals surface area contributed by atoms with Gasteiger partial charge >= 0.3 is 0 Å². The molecule has 1 fully saturated rings. The van der Waals surface area contributed by atoms with Crippen molar-refractivity contribution in [1.29, 1.82) is 0 Å². The Kier molecular flexibility index (Phi) is 3.27. The molecule has 0 saturated heterocycles. The Hall–Kier alpha value is -2.81. The van der Waals surface area contributed by atoms with Crippen molar-refractivity contribution in [3.05, 3.63) is 78.0 Å². The number of benzene rings is 1. The SMILES string of the molecule is O=C1C2=CC=CCC2C(=O)C1c1ccnc(-c2ccccc2)c1. The van der Waals surface area contributed by atoms with Crippen LogP contribution in [0.1, 0.15) is 17.9 Å². The van der Waals surface area contributed by atoms with Crippen LogP contribution in [0, 0.1) is 5.92 Å². The van der Waals surface area contributed by atoms with Crippen LogP contribution in [-0.4, -0.2) is 16.6 Å². The first kappa shape index (κ1) is 13.8. The molecule has 0 aliphatic heterocycles. The van der Waals surface area contributed by atoms with E-state index in [-0.39, 0.29) is 17.5 Å². The summed E-state index contributed by atoms with van der Waals surface area (Å²) in [6, 6.07) is 13.4. The van der Waals surface area contributed by atoms with Gasteiger partial charge in [0.2, 0.25) is 0 Å². The summed E-state index contributed by atoms with van der Waals surface area (Å²) >= 11 is 0. The van der Waals surface area contributed by atoms with Gasteiger partial charge in [-0.05, 0) is 24.1 Å².